The molecule has 2 heterocycles. The molecule has 0 saturated carbocycles. The molecule has 2 aromatic carbocycles. The van der Waals surface area contributed by atoms with Crippen LogP contribution in [0.1, 0.15) is 16.1 Å². The van der Waals surface area contributed by atoms with Crippen LogP contribution < -0.4 is 15.4 Å². The Balaban J connectivity index is 1.89. The summed E-state index contributed by atoms with van der Waals surface area (Å²) in [5.74, 6) is -0.725. The molecule has 3 aromatic rings. The summed E-state index contributed by atoms with van der Waals surface area (Å²) in [5.41, 5.74) is 7.16. The summed E-state index contributed by atoms with van der Waals surface area (Å²) in [7, 11) is 0. The van der Waals surface area contributed by atoms with Crippen molar-refractivity contribution in [3.63, 3.8) is 0 Å². The highest BCUT2D eigenvalue weighted by molar-refractivity contribution is 6.08. The summed E-state index contributed by atoms with van der Waals surface area (Å²) < 4.78 is 11.5. The number of carboxylic acid groups (broad SMARTS) is 1. The number of pyridine rings is 1. The van der Waals surface area contributed by atoms with Crippen molar-refractivity contribution in [3.8, 4) is 5.75 Å². The summed E-state index contributed by atoms with van der Waals surface area (Å²) in [6, 6.07) is 15.2. The standard InChI is InChI=1S/C22H22N4O4/c23-14-24-21-18-16(7-4-8-17(18)26-9-11-29-12-10-26)20(19(25-21)22(27)28)30-13-15-5-2-1-3-6-15/h1-8,14H,9-13H2,(H,27,28)(H2,23,24,25). The van der Waals surface area contributed by atoms with Crippen LogP contribution in [0, 0.1) is 0 Å². The maximum atomic E-state index is 12.0. The Morgan fingerprint density at radius 1 is 1.20 bits per heavy atom. The second kappa shape index (κ2) is 8.79. The van der Waals surface area contributed by atoms with Crippen molar-refractivity contribution in [2.75, 3.05) is 31.2 Å². The van der Waals surface area contributed by atoms with E-state index in [1.54, 1.807) is 0 Å². The highest BCUT2D eigenvalue weighted by atomic mass is 16.5. The largest absolute Gasteiger partial charge is 0.486 e. The van der Waals surface area contributed by atoms with Gasteiger partial charge in [-0.3, -0.25) is 0 Å². The second-order valence-corrected chi connectivity index (χ2v) is 6.77. The van der Waals surface area contributed by atoms with Gasteiger partial charge in [-0.05, 0) is 11.6 Å². The molecule has 0 radical (unpaired) electrons. The van der Waals surface area contributed by atoms with Gasteiger partial charge in [-0.25, -0.2) is 14.8 Å². The zero-order valence-electron chi connectivity index (χ0n) is 16.3. The first-order valence-corrected chi connectivity index (χ1v) is 9.62. The SMILES string of the molecule is NC=Nc1nc(C(=O)O)c(OCc2ccccc2)c2cccc(N3CCOCC3)c12. The number of hydrogen-bond donors (Lipinski definition) is 2. The van der Waals surface area contributed by atoms with Crippen LogP contribution in [0.3, 0.4) is 0 Å². The maximum Gasteiger partial charge on any atom is 0.358 e. The zero-order valence-corrected chi connectivity index (χ0v) is 16.3. The molecular weight excluding hydrogens is 384 g/mol. The lowest BCUT2D eigenvalue weighted by Crippen LogP contribution is -2.36. The highest BCUT2D eigenvalue weighted by Crippen LogP contribution is 2.40. The number of carboxylic acids is 1. The molecule has 0 bridgehead atoms. The van der Waals surface area contributed by atoms with Crippen molar-refractivity contribution in [3.05, 3.63) is 59.8 Å². The van der Waals surface area contributed by atoms with E-state index in [1.807, 2.05) is 48.5 Å². The third-order valence-corrected chi connectivity index (χ3v) is 4.92. The maximum absolute atomic E-state index is 12.0. The fourth-order valence-corrected chi connectivity index (χ4v) is 3.56. The average molecular weight is 406 g/mol. The molecule has 8 nitrogen and oxygen atoms in total. The normalized spacial score (nSPS) is 14.3. The Bertz CT molecular complexity index is 1080. The molecule has 0 atom stereocenters. The number of hydrogen-bond acceptors (Lipinski definition) is 6. The van der Waals surface area contributed by atoms with Crippen LogP contribution in [-0.4, -0.2) is 48.7 Å². The number of carbonyl (C=O) groups is 1. The Labute approximate surface area is 173 Å². The van der Waals surface area contributed by atoms with Gasteiger partial charge in [0.25, 0.3) is 0 Å². The Morgan fingerprint density at radius 2 is 1.97 bits per heavy atom. The summed E-state index contributed by atoms with van der Waals surface area (Å²) >= 11 is 0. The summed E-state index contributed by atoms with van der Waals surface area (Å²) in [6.07, 6.45) is 1.12. The fraction of sp³-hybridized carbons (Fsp3) is 0.227. The number of aromatic carboxylic acids is 1. The lowest BCUT2D eigenvalue weighted by molar-refractivity contribution is 0.0685. The minimum Gasteiger partial charge on any atom is -0.486 e. The predicted molar refractivity (Wildman–Crippen MR) is 115 cm³/mol. The van der Waals surface area contributed by atoms with E-state index in [0.29, 0.717) is 37.1 Å². The van der Waals surface area contributed by atoms with Crippen LogP contribution in [-0.2, 0) is 11.3 Å². The number of ether oxygens (including phenoxy) is 2. The van der Waals surface area contributed by atoms with Gasteiger partial charge in [0.15, 0.2) is 17.3 Å². The smallest absolute Gasteiger partial charge is 0.358 e. The molecule has 1 fully saturated rings. The molecule has 0 spiro atoms. The molecule has 0 aliphatic carbocycles. The van der Waals surface area contributed by atoms with Crippen LogP contribution in [0.15, 0.2) is 53.5 Å². The number of anilines is 1. The number of fused-ring (bicyclic) bond motifs is 1. The molecule has 30 heavy (non-hydrogen) atoms. The Morgan fingerprint density at radius 3 is 2.67 bits per heavy atom. The van der Waals surface area contributed by atoms with Gasteiger partial charge in [0.05, 0.1) is 24.9 Å². The molecule has 3 N–H and O–H groups in total. The van der Waals surface area contributed by atoms with Gasteiger partial charge < -0.3 is 25.2 Å². The molecule has 0 amide bonds. The number of aliphatic imine (C=N–C) groups is 1. The molecule has 1 saturated heterocycles. The number of nitrogens with two attached hydrogens (primary N) is 1. The fourth-order valence-electron chi connectivity index (χ4n) is 3.56. The van der Waals surface area contributed by atoms with Crippen molar-refractivity contribution in [1.82, 2.24) is 4.98 Å². The van der Waals surface area contributed by atoms with Crippen molar-refractivity contribution in [2.45, 2.75) is 6.61 Å². The van der Waals surface area contributed by atoms with Crippen LogP contribution in [0.25, 0.3) is 10.8 Å². The average Bonchev–Trinajstić information content (AvgIpc) is 2.79. The lowest BCUT2D eigenvalue weighted by Gasteiger charge is -2.30. The first-order valence-electron chi connectivity index (χ1n) is 9.62. The van der Waals surface area contributed by atoms with Crippen molar-refractivity contribution in [2.24, 2.45) is 10.7 Å². The third kappa shape index (κ3) is 3.90. The monoisotopic (exact) mass is 406 g/mol. The minimum absolute atomic E-state index is 0.196. The van der Waals surface area contributed by atoms with Gasteiger partial charge in [0, 0.05) is 24.2 Å². The Hall–Kier alpha value is -3.65. The van der Waals surface area contributed by atoms with Crippen LogP contribution in [0.4, 0.5) is 11.5 Å². The first kappa shape index (κ1) is 19.7. The molecule has 0 unspecified atom stereocenters. The minimum atomic E-state index is -1.19. The van der Waals surface area contributed by atoms with Crippen LogP contribution >= 0.6 is 0 Å². The van der Waals surface area contributed by atoms with Gasteiger partial charge >= 0.3 is 5.97 Å². The van der Waals surface area contributed by atoms with Gasteiger partial charge in [-0.1, -0.05) is 42.5 Å². The van der Waals surface area contributed by atoms with Crippen molar-refractivity contribution in [1.29, 1.82) is 0 Å². The summed E-state index contributed by atoms with van der Waals surface area (Å²) in [6.45, 7) is 2.88. The topological polar surface area (TPSA) is 110 Å². The van der Waals surface area contributed by atoms with E-state index in [1.165, 1.54) is 0 Å². The zero-order chi connectivity index (χ0) is 20.9. The van der Waals surface area contributed by atoms with E-state index in [2.05, 4.69) is 14.9 Å². The van der Waals surface area contributed by atoms with Gasteiger partial charge in [-0.2, -0.15) is 0 Å². The van der Waals surface area contributed by atoms with E-state index in [9.17, 15) is 9.90 Å². The highest BCUT2D eigenvalue weighted by Gasteiger charge is 2.24. The van der Waals surface area contributed by atoms with Crippen molar-refractivity contribution < 1.29 is 19.4 Å². The number of rotatable bonds is 6. The predicted octanol–water partition coefficient (Wildman–Crippen LogP) is 2.97. The molecular formula is C22H22N4O4. The molecule has 4 rings (SSSR count). The van der Waals surface area contributed by atoms with E-state index in [0.717, 1.165) is 17.6 Å². The van der Waals surface area contributed by atoms with Gasteiger partial charge in [-0.15, -0.1) is 0 Å². The van der Waals surface area contributed by atoms with Crippen LogP contribution in [0.5, 0.6) is 5.75 Å². The lowest BCUT2D eigenvalue weighted by atomic mass is 10.1. The summed E-state index contributed by atoms with van der Waals surface area (Å²) in [5, 5.41) is 11.1. The molecule has 154 valence electrons. The second-order valence-electron chi connectivity index (χ2n) is 6.77. The van der Waals surface area contributed by atoms with Gasteiger partial charge in [0.2, 0.25) is 0 Å². The summed E-state index contributed by atoms with van der Waals surface area (Å²) in [4.78, 5) is 22.6. The molecule has 1 aromatic heterocycles. The Kier molecular flexibility index (Phi) is 5.76. The quantitative estimate of drug-likeness (QED) is 0.478. The van der Waals surface area contributed by atoms with Crippen LogP contribution in [0.2, 0.25) is 0 Å². The van der Waals surface area contributed by atoms with E-state index >= 15 is 0 Å². The van der Waals surface area contributed by atoms with E-state index < -0.39 is 5.97 Å². The molecule has 1 aliphatic rings. The number of aromatic nitrogens is 1. The van der Waals surface area contributed by atoms with Crippen molar-refractivity contribution >= 4 is 34.6 Å². The third-order valence-electron chi connectivity index (χ3n) is 4.92. The van der Waals surface area contributed by atoms with E-state index in [-0.39, 0.29) is 23.9 Å². The molecule has 8 heteroatoms. The van der Waals surface area contributed by atoms with Gasteiger partial charge in [0.1, 0.15) is 6.61 Å². The number of morpholine rings is 1. The number of nitrogens with zero attached hydrogens (tertiary/aromatic N) is 3. The molecule has 1 aliphatic heterocycles. The first-order chi connectivity index (χ1) is 14.7. The van der Waals surface area contributed by atoms with E-state index in [4.69, 9.17) is 15.2 Å². The number of benzene rings is 2.